The third-order valence-electron chi connectivity index (χ3n) is 2.24. The second kappa shape index (κ2) is 6.38. The summed E-state index contributed by atoms with van der Waals surface area (Å²) in [5.41, 5.74) is 5.93. The fourth-order valence-electron chi connectivity index (χ4n) is 1.44. The Bertz CT molecular complexity index is 446. The molecule has 4 nitrogen and oxygen atoms in total. The summed E-state index contributed by atoms with van der Waals surface area (Å²) in [6.07, 6.45) is 0. The van der Waals surface area contributed by atoms with Crippen LogP contribution in [0.25, 0.3) is 0 Å². The van der Waals surface area contributed by atoms with Gasteiger partial charge >= 0.3 is 7.60 Å². The average molecular weight is 279 g/mol. The van der Waals surface area contributed by atoms with Crippen molar-refractivity contribution < 1.29 is 22.4 Å². The predicted octanol–water partition coefficient (Wildman–Crippen LogP) is 3.19. The Morgan fingerprint density at radius 2 is 1.78 bits per heavy atom. The van der Waals surface area contributed by atoms with Gasteiger partial charge in [0.05, 0.1) is 13.2 Å². The van der Waals surface area contributed by atoms with E-state index in [9.17, 15) is 13.3 Å². The molecule has 0 amide bonds. The summed E-state index contributed by atoms with van der Waals surface area (Å²) in [6, 6.07) is 3.07. The van der Waals surface area contributed by atoms with Gasteiger partial charge in [0.1, 0.15) is 5.78 Å². The highest BCUT2D eigenvalue weighted by Gasteiger charge is 2.34. The SMILES string of the molecule is CCOP(=O)(OCC)[C@@H](N)c1ccc(F)c(F)c1. The molecule has 1 rings (SSSR count). The van der Waals surface area contributed by atoms with Crippen LogP contribution in [-0.2, 0) is 13.6 Å². The second-order valence-corrected chi connectivity index (χ2v) is 5.65. The summed E-state index contributed by atoms with van der Waals surface area (Å²) >= 11 is 0. The molecule has 0 bridgehead atoms. The van der Waals surface area contributed by atoms with Crippen molar-refractivity contribution in [2.45, 2.75) is 19.6 Å². The zero-order valence-electron chi connectivity index (χ0n) is 10.2. The maximum Gasteiger partial charge on any atom is 0.351 e. The first-order valence-electron chi connectivity index (χ1n) is 5.54. The van der Waals surface area contributed by atoms with Crippen LogP contribution >= 0.6 is 7.60 Å². The molecule has 7 heteroatoms. The van der Waals surface area contributed by atoms with E-state index in [1.165, 1.54) is 6.07 Å². The van der Waals surface area contributed by atoms with Gasteiger partial charge in [0.2, 0.25) is 0 Å². The molecule has 0 saturated carbocycles. The van der Waals surface area contributed by atoms with E-state index in [1.807, 2.05) is 0 Å². The van der Waals surface area contributed by atoms with E-state index < -0.39 is 25.0 Å². The first-order valence-corrected chi connectivity index (χ1v) is 7.15. The van der Waals surface area contributed by atoms with Crippen molar-refractivity contribution in [3.05, 3.63) is 35.4 Å². The Hall–Kier alpha value is -0.810. The number of hydrogen-bond acceptors (Lipinski definition) is 4. The molecular weight excluding hydrogens is 263 g/mol. The fourth-order valence-corrected chi connectivity index (χ4v) is 3.08. The summed E-state index contributed by atoms with van der Waals surface area (Å²) in [4.78, 5) is 0. The lowest BCUT2D eigenvalue weighted by Crippen LogP contribution is -2.15. The quantitative estimate of drug-likeness (QED) is 0.812. The van der Waals surface area contributed by atoms with Crippen molar-refractivity contribution in [2.75, 3.05) is 13.2 Å². The normalized spacial score (nSPS) is 13.6. The summed E-state index contributed by atoms with van der Waals surface area (Å²) in [6.45, 7) is 3.58. The van der Waals surface area contributed by atoms with E-state index in [2.05, 4.69) is 0 Å². The Morgan fingerprint density at radius 3 is 2.22 bits per heavy atom. The minimum atomic E-state index is -3.58. The Kier molecular flexibility index (Phi) is 5.41. The molecule has 18 heavy (non-hydrogen) atoms. The molecule has 0 aliphatic rings. The number of benzene rings is 1. The summed E-state index contributed by atoms with van der Waals surface area (Å²) in [5, 5.41) is 0. The van der Waals surface area contributed by atoms with Gasteiger partial charge in [-0.3, -0.25) is 4.57 Å². The lowest BCUT2D eigenvalue weighted by molar-refractivity contribution is 0.212. The molecule has 102 valence electrons. The molecule has 0 unspecified atom stereocenters. The summed E-state index contributed by atoms with van der Waals surface area (Å²) in [7, 11) is -3.58. The van der Waals surface area contributed by atoms with E-state index in [0.717, 1.165) is 12.1 Å². The number of nitrogens with two attached hydrogens (primary N) is 1. The van der Waals surface area contributed by atoms with Gasteiger partial charge in [-0.05, 0) is 31.5 Å². The van der Waals surface area contributed by atoms with Crippen LogP contribution in [0.2, 0.25) is 0 Å². The standard InChI is InChI=1S/C11H16F2NO3P/c1-3-16-18(15,17-4-2)11(14)8-5-6-9(12)10(13)7-8/h5-7,11H,3-4,14H2,1-2H3/t11-/m1/s1. The molecular formula is C11H16F2NO3P. The lowest BCUT2D eigenvalue weighted by atomic mass is 10.2. The molecule has 1 atom stereocenters. The maximum atomic E-state index is 13.1. The maximum absolute atomic E-state index is 13.1. The van der Waals surface area contributed by atoms with Crippen molar-refractivity contribution >= 4 is 7.60 Å². The number of hydrogen-bond donors (Lipinski definition) is 1. The molecule has 0 radical (unpaired) electrons. The van der Waals surface area contributed by atoms with Gasteiger partial charge in [0.25, 0.3) is 0 Å². The van der Waals surface area contributed by atoms with Crippen molar-refractivity contribution in [2.24, 2.45) is 5.73 Å². The van der Waals surface area contributed by atoms with Crippen LogP contribution in [0, 0.1) is 11.6 Å². The van der Waals surface area contributed by atoms with E-state index in [1.54, 1.807) is 13.8 Å². The van der Waals surface area contributed by atoms with Gasteiger partial charge in [-0.1, -0.05) is 6.07 Å². The third-order valence-corrected chi connectivity index (χ3v) is 4.46. The zero-order chi connectivity index (χ0) is 13.8. The van der Waals surface area contributed by atoms with E-state index in [-0.39, 0.29) is 18.8 Å². The Labute approximate surface area is 105 Å². The molecule has 0 aliphatic heterocycles. The van der Waals surface area contributed by atoms with Crippen LogP contribution in [0.15, 0.2) is 18.2 Å². The van der Waals surface area contributed by atoms with Crippen molar-refractivity contribution in [1.29, 1.82) is 0 Å². The van der Waals surface area contributed by atoms with Crippen LogP contribution in [0.5, 0.6) is 0 Å². The zero-order valence-corrected chi connectivity index (χ0v) is 11.1. The van der Waals surface area contributed by atoms with Crippen molar-refractivity contribution in [3.8, 4) is 0 Å². The van der Waals surface area contributed by atoms with Crippen molar-refractivity contribution in [3.63, 3.8) is 0 Å². The topological polar surface area (TPSA) is 61.5 Å². The van der Waals surface area contributed by atoms with Gasteiger partial charge in [-0.25, -0.2) is 8.78 Å². The average Bonchev–Trinajstić information content (AvgIpc) is 2.32. The van der Waals surface area contributed by atoms with E-state index in [4.69, 9.17) is 14.8 Å². The van der Waals surface area contributed by atoms with Crippen LogP contribution in [0.4, 0.5) is 8.78 Å². The fraction of sp³-hybridized carbons (Fsp3) is 0.455. The molecule has 0 saturated heterocycles. The van der Waals surface area contributed by atoms with Gasteiger partial charge in [-0.2, -0.15) is 0 Å². The first-order chi connectivity index (χ1) is 8.44. The molecule has 0 aromatic heterocycles. The van der Waals surface area contributed by atoms with E-state index >= 15 is 0 Å². The monoisotopic (exact) mass is 279 g/mol. The predicted molar refractivity (Wildman–Crippen MR) is 64.1 cm³/mol. The van der Waals surface area contributed by atoms with Crippen LogP contribution < -0.4 is 5.73 Å². The molecule has 0 fully saturated rings. The third kappa shape index (κ3) is 3.36. The molecule has 1 aromatic rings. The first kappa shape index (κ1) is 15.2. The van der Waals surface area contributed by atoms with Gasteiger partial charge in [0, 0.05) is 0 Å². The molecule has 2 N–H and O–H groups in total. The molecule has 0 heterocycles. The minimum absolute atomic E-state index is 0.147. The summed E-state index contributed by atoms with van der Waals surface area (Å²) < 4.78 is 48.3. The van der Waals surface area contributed by atoms with E-state index in [0.29, 0.717) is 0 Å². The molecule has 1 aromatic carbocycles. The Balaban J connectivity index is 3.05. The molecule has 0 aliphatic carbocycles. The van der Waals surface area contributed by atoms with Gasteiger partial charge in [-0.15, -0.1) is 0 Å². The Morgan fingerprint density at radius 1 is 1.22 bits per heavy atom. The van der Waals surface area contributed by atoms with Gasteiger partial charge < -0.3 is 14.8 Å². The molecule has 0 spiro atoms. The lowest BCUT2D eigenvalue weighted by Gasteiger charge is -2.23. The summed E-state index contributed by atoms with van der Waals surface area (Å²) in [5.74, 6) is -3.19. The largest absolute Gasteiger partial charge is 0.351 e. The second-order valence-electron chi connectivity index (χ2n) is 3.49. The highest BCUT2D eigenvalue weighted by Crippen LogP contribution is 2.58. The van der Waals surface area contributed by atoms with Crippen LogP contribution in [-0.4, -0.2) is 13.2 Å². The number of halogens is 2. The van der Waals surface area contributed by atoms with Crippen LogP contribution in [0.3, 0.4) is 0 Å². The smallest absolute Gasteiger partial charge is 0.314 e. The minimum Gasteiger partial charge on any atom is -0.314 e. The number of rotatable bonds is 6. The van der Waals surface area contributed by atoms with Crippen LogP contribution in [0.1, 0.15) is 25.2 Å². The highest BCUT2D eigenvalue weighted by molar-refractivity contribution is 7.54. The van der Waals surface area contributed by atoms with Crippen molar-refractivity contribution in [1.82, 2.24) is 0 Å². The van der Waals surface area contributed by atoms with Gasteiger partial charge in [0.15, 0.2) is 11.6 Å². The highest BCUT2D eigenvalue weighted by atomic mass is 31.2.